The van der Waals surface area contributed by atoms with Crippen molar-refractivity contribution in [3.63, 3.8) is 0 Å². The fourth-order valence-electron chi connectivity index (χ4n) is 3.37. The lowest BCUT2D eigenvalue weighted by Gasteiger charge is -2.10. The molecule has 4 rings (SSSR count). The van der Waals surface area contributed by atoms with Gasteiger partial charge in [0.15, 0.2) is 5.11 Å². The number of likely N-dealkylation sites (N-methyl/N-ethyl adjacent to an activating group) is 2. The number of nitrogens with zero attached hydrogens (tertiary/aromatic N) is 3. The van der Waals surface area contributed by atoms with Crippen LogP contribution in [0.5, 0.6) is 0 Å². The van der Waals surface area contributed by atoms with E-state index in [4.69, 9.17) is 12.2 Å². The highest BCUT2D eigenvalue weighted by Crippen LogP contribution is 2.29. The molecule has 0 aliphatic carbocycles. The number of fused-ring (bicyclic) bond motifs is 1. The van der Waals surface area contributed by atoms with Crippen LogP contribution in [0.1, 0.15) is 11.1 Å². The molecule has 2 aromatic carbocycles. The number of carbonyl (C=O) groups excluding carboxylic acids is 1. The van der Waals surface area contributed by atoms with Crippen molar-refractivity contribution in [2.75, 3.05) is 14.1 Å². The van der Waals surface area contributed by atoms with Crippen LogP contribution < -0.4 is 0 Å². The standard InChI is InChI=1S/C21H17BrFN3OS/c1-24-19(20(27)25(2)21(24)28)9-14-12-26(11-13-3-6-16(23)7-4-13)18-8-5-15(22)10-17(14)18/h3-10,12H,11H2,1-2H3/b19-9-. The second-order valence-corrected chi connectivity index (χ2v) is 8.02. The highest BCUT2D eigenvalue weighted by molar-refractivity contribution is 9.10. The Morgan fingerprint density at radius 1 is 1.11 bits per heavy atom. The molecule has 7 heteroatoms. The summed E-state index contributed by atoms with van der Waals surface area (Å²) in [5.41, 5.74) is 3.49. The number of aromatic nitrogens is 1. The molecule has 4 nitrogen and oxygen atoms in total. The smallest absolute Gasteiger partial charge is 0.276 e. The summed E-state index contributed by atoms with van der Waals surface area (Å²) in [6, 6.07) is 12.5. The van der Waals surface area contributed by atoms with E-state index < -0.39 is 0 Å². The Hall–Kier alpha value is -2.51. The topological polar surface area (TPSA) is 28.5 Å². The number of hydrogen-bond donors (Lipinski definition) is 0. The van der Waals surface area contributed by atoms with E-state index in [9.17, 15) is 9.18 Å². The Labute approximate surface area is 176 Å². The highest BCUT2D eigenvalue weighted by atomic mass is 79.9. The van der Waals surface area contributed by atoms with E-state index in [-0.39, 0.29) is 11.7 Å². The van der Waals surface area contributed by atoms with Gasteiger partial charge < -0.3 is 9.47 Å². The molecule has 28 heavy (non-hydrogen) atoms. The summed E-state index contributed by atoms with van der Waals surface area (Å²) in [5, 5.41) is 1.50. The lowest BCUT2D eigenvalue weighted by Crippen LogP contribution is -2.26. The molecule has 0 spiro atoms. The van der Waals surface area contributed by atoms with Crippen LogP contribution in [0.25, 0.3) is 17.0 Å². The quantitative estimate of drug-likeness (QED) is 0.424. The van der Waals surface area contributed by atoms with Gasteiger partial charge in [0.1, 0.15) is 11.5 Å². The van der Waals surface area contributed by atoms with Crippen molar-refractivity contribution in [1.82, 2.24) is 14.4 Å². The maximum absolute atomic E-state index is 13.2. The van der Waals surface area contributed by atoms with Crippen LogP contribution in [0.4, 0.5) is 4.39 Å². The molecule has 0 N–H and O–H groups in total. The number of halogens is 2. The van der Waals surface area contributed by atoms with Crippen molar-refractivity contribution >= 4 is 56.1 Å². The summed E-state index contributed by atoms with van der Waals surface area (Å²) in [4.78, 5) is 15.7. The first-order chi connectivity index (χ1) is 13.3. The van der Waals surface area contributed by atoms with E-state index in [1.807, 2.05) is 30.5 Å². The Morgan fingerprint density at radius 3 is 2.46 bits per heavy atom. The van der Waals surface area contributed by atoms with E-state index in [1.54, 1.807) is 31.1 Å². The number of amides is 1. The molecule has 1 fully saturated rings. The van der Waals surface area contributed by atoms with Gasteiger partial charge in [-0.1, -0.05) is 28.1 Å². The molecular weight excluding hydrogens is 441 g/mol. The van der Waals surface area contributed by atoms with Crippen LogP contribution in [-0.4, -0.2) is 39.5 Å². The molecule has 1 aliphatic heterocycles. The average Bonchev–Trinajstić information content (AvgIpc) is 3.09. The van der Waals surface area contributed by atoms with Crippen LogP contribution in [-0.2, 0) is 11.3 Å². The number of rotatable bonds is 3. The highest BCUT2D eigenvalue weighted by Gasteiger charge is 2.32. The lowest BCUT2D eigenvalue weighted by molar-refractivity contribution is -0.121. The van der Waals surface area contributed by atoms with Gasteiger partial charge in [-0.05, 0) is 54.2 Å². The molecular formula is C21H17BrFN3OS. The van der Waals surface area contributed by atoms with E-state index in [0.717, 1.165) is 26.5 Å². The fourth-order valence-corrected chi connectivity index (χ4v) is 3.91. The predicted octanol–water partition coefficient (Wildman–Crippen LogP) is 4.62. The Balaban J connectivity index is 1.82. The van der Waals surface area contributed by atoms with Crippen molar-refractivity contribution in [3.05, 3.63) is 75.8 Å². The molecule has 0 saturated carbocycles. The first kappa shape index (κ1) is 18.8. The Kier molecular flexibility index (Phi) is 4.81. The molecule has 1 aromatic heterocycles. The van der Waals surface area contributed by atoms with Crippen molar-refractivity contribution < 1.29 is 9.18 Å². The normalized spacial score (nSPS) is 16.1. The first-order valence-corrected chi connectivity index (χ1v) is 9.85. The second-order valence-electron chi connectivity index (χ2n) is 6.74. The summed E-state index contributed by atoms with van der Waals surface area (Å²) in [5.74, 6) is -0.375. The van der Waals surface area contributed by atoms with Crippen molar-refractivity contribution in [2.45, 2.75) is 6.54 Å². The van der Waals surface area contributed by atoms with Gasteiger partial charge in [-0.15, -0.1) is 0 Å². The van der Waals surface area contributed by atoms with Gasteiger partial charge >= 0.3 is 0 Å². The van der Waals surface area contributed by atoms with Gasteiger partial charge in [-0.3, -0.25) is 9.69 Å². The van der Waals surface area contributed by atoms with Crippen LogP contribution in [0.3, 0.4) is 0 Å². The Morgan fingerprint density at radius 2 is 1.82 bits per heavy atom. The molecule has 0 bridgehead atoms. The third-order valence-corrected chi connectivity index (χ3v) is 5.93. The third kappa shape index (κ3) is 3.25. The van der Waals surface area contributed by atoms with E-state index in [2.05, 4.69) is 20.5 Å². The van der Waals surface area contributed by atoms with E-state index in [0.29, 0.717) is 17.4 Å². The summed E-state index contributed by atoms with van der Waals surface area (Å²) in [6.45, 7) is 0.601. The second kappa shape index (κ2) is 7.14. The molecule has 142 valence electrons. The minimum atomic E-state index is -0.252. The van der Waals surface area contributed by atoms with Crippen LogP contribution in [0.2, 0.25) is 0 Å². The molecule has 0 radical (unpaired) electrons. The summed E-state index contributed by atoms with van der Waals surface area (Å²) < 4.78 is 16.3. The number of benzene rings is 2. The van der Waals surface area contributed by atoms with Crippen molar-refractivity contribution in [3.8, 4) is 0 Å². The molecule has 0 atom stereocenters. The van der Waals surface area contributed by atoms with Crippen molar-refractivity contribution in [1.29, 1.82) is 0 Å². The number of carbonyl (C=O) groups is 1. The third-order valence-electron chi connectivity index (χ3n) is 4.89. The molecule has 0 unspecified atom stereocenters. The minimum Gasteiger partial charge on any atom is -0.342 e. The zero-order valence-electron chi connectivity index (χ0n) is 15.3. The monoisotopic (exact) mass is 457 g/mol. The van der Waals surface area contributed by atoms with Crippen LogP contribution >= 0.6 is 28.1 Å². The average molecular weight is 458 g/mol. The number of hydrogen-bond acceptors (Lipinski definition) is 2. The van der Waals surface area contributed by atoms with Crippen LogP contribution in [0.15, 0.2) is 58.8 Å². The zero-order valence-corrected chi connectivity index (χ0v) is 17.7. The summed E-state index contributed by atoms with van der Waals surface area (Å²) in [7, 11) is 3.47. The largest absolute Gasteiger partial charge is 0.342 e. The van der Waals surface area contributed by atoms with Gasteiger partial charge in [0.05, 0.1) is 0 Å². The van der Waals surface area contributed by atoms with Gasteiger partial charge in [0, 0.05) is 47.8 Å². The Bertz CT molecular complexity index is 1140. The van der Waals surface area contributed by atoms with Gasteiger partial charge in [0.25, 0.3) is 5.91 Å². The van der Waals surface area contributed by atoms with Crippen LogP contribution in [0, 0.1) is 5.82 Å². The molecule has 1 saturated heterocycles. The van der Waals surface area contributed by atoms with Crippen molar-refractivity contribution in [2.24, 2.45) is 0 Å². The first-order valence-electron chi connectivity index (χ1n) is 8.65. The molecule has 2 heterocycles. The minimum absolute atomic E-state index is 0.123. The van der Waals surface area contributed by atoms with Gasteiger partial charge in [-0.25, -0.2) is 4.39 Å². The number of thiocarbonyl (C=S) groups is 1. The maximum atomic E-state index is 13.2. The molecule has 1 aliphatic rings. The maximum Gasteiger partial charge on any atom is 0.276 e. The van der Waals surface area contributed by atoms with Gasteiger partial charge in [0.2, 0.25) is 0 Å². The summed E-state index contributed by atoms with van der Waals surface area (Å²) in [6.07, 6.45) is 3.88. The van der Waals surface area contributed by atoms with E-state index in [1.165, 1.54) is 17.0 Å². The zero-order chi connectivity index (χ0) is 20.0. The fraction of sp³-hybridized carbons (Fsp3) is 0.143. The van der Waals surface area contributed by atoms with Gasteiger partial charge in [-0.2, -0.15) is 0 Å². The predicted molar refractivity (Wildman–Crippen MR) is 116 cm³/mol. The molecule has 3 aromatic rings. The summed E-state index contributed by atoms with van der Waals surface area (Å²) >= 11 is 8.83. The lowest BCUT2D eigenvalue weighted by atomic mass is 10.1. The molecule has 1 amide bonds. The SMILES string of the molecule is CN1C(=O)/C(=C/c2cn(Cc3ccc(F)cc3)c3ccc(Br)cc23)N(C)C1=S. The van der Waals surface area contributed by atoms with E-state index >= 15 is 0 Å².